The first-order valence-electron chi connectivity index (χ1n) is 6.05. The number of phenols is 1. The van der Waals surface area contributed by atoms with Gasteiger partial charge in [-0.25, -0.2) is 0 Å². The van der Waals surface area contributed by atoms with Crippen molar-refractivity contribution in [1.82, 2.24) is 0 Å². The Morgan fingerprint density at radius 3 is 2.76 bits per heavy atom. The number of hydrogen-bond acceptors (Lipinski definition) is 5. The quantitative estimate of drug-likeness (QED) is 0.651. The molecule has 0 aromatic heterocycles. The first-order chi connectivity index (χ1) is 10.0. The van der Waals surface area contributed by atoms with Gasteiger partial charge in [0.1, 0.15) is 5.02 Å². The summed E-state index contributed by atoms with van der Waals surface area (Å²) in [5.74, 6) is 0.430. The third-order valence-electron chi connectivity index (χ3n) is 2.88. The van der Waals surface area contributed by atoms with Crippen molar-refractivity contribution in [3.05, 3.63) is 57.1 Å². The minimum absolute atomic E-state index is 0.0587. The summed E-state index contributed by atoms with van der Waals surface area (Å²) in [6.07, 6.45) is 0. The predicted molar refractivity (Wildman–Crippen MR) is 80.1 cm³/mol. The van der Waals surface area contributed by atoms with Crippen molar-refractivity contribution in [2.75, 3.05) is 12.4 Å². The lowest BCUT2D eigenvalue weighted by atomic mass is 10.2. The molecule has 2 aromatic rings. The van der Waals surface area contributed by atoms with Gasteiger partial charge < -0.3 is 15.2 Å². The molecule has 21 heavy (non-hydrogen) atoms. The molecule has 2 N–H and O–H groups in total. The van der Waals surface area contributed by atoms with Crippen molar-refractivity contribution >= 4 is 23.0 Å². The molecule has 0 spiro atoms. The third kappa shape index (κ3) is 3.55. The molecule has 0 atom stereocenters. The predicted octanol–water partition coefficient (Wildman–Crippen LogP) is 3.57. The Hall–Kier alpha value is -2.47. The fourth-order valence-electron chi connectivity index (χ4n) is 1.80. The molecule has 0 amide bonds. The third-order valence-corrected chi connectivity index (χ3v) is 3.20. The number of rotatable bonds is 5. The highest BCUT2D eigenvalue weighted by Crippen LogP contribution is 2.29. The van der Waals surface area contributed by atoms with E-state index in [4.69, 9.17) is 16.3 Å². The number of nitro benzene ring substituents is 1. The van der Waals surface area contributed by atoms with Gasteiger partial charge in [0.2, 0.25) is 0 Å². The number of aromatic hydroxyl groups is 1. The van der Waals surface area contributed by atoms with Crippen LogP contribution in [0.3, 0.4) is 0 Å². The van der Waals surface area contributed by atoms with E-state index in [1.54, 1.807) is 18.2 Å². The standard InChI is InChI=1S/C14H13ClN2O4/c1-21-14-6-9(2-5-13(14)18)8-16-10-3-4-11(15)12(7-10)17(19)20/h2-7,16,18H,8H2,1H3. The van der Waals surface area contributed by atoms with Crippen LogP contribution in [-0.4, -0.2) is 17.1 Å². The van der Waals surface area contributed by atoms with Crippen LogP contribution in [0.5, 0.6) is 11.5 Å². The fraction of sp³-hybridized carbons (Fsp3) is 0.143. The summed E-state index contributed by atoms with van der Waals surface area (Å²) in [5.41, 5.74) is 1.30. The van der Waals surface area contributed by atoms with Crippen LogP contribution >= 0.6 is 11.6 Å². The van der Waals surface area contributed by atoms with Gasteiger partial charge in [0, 0.05) is 18.3 Å². The van der Waals surface area contributed by atoms with E-state index < -0.39 is 4.92 Å². The average molecular weight is 309 g/mol. The van der Waals surface area contributed by atoms with E-state index in [9.17, 15) is 15.2 Å². The molecule has 0 radical (unpaired) electrons. The number of ether oxygens (including phenoxy) is 1. The van der Waals surface area contributed by atoms with Gasteiger partial charge in [-0.15, -0.1) is 0 Å². The first-order valence-corrected chi connectivity index (χ1v) is 6.42. The zero-order valence-electron chi connectivity index (χ0n) is 11.2. The molecular formula is C14H13ClN2O4. The average Bonchev–Trinajstić information content (AvgIpc) is 2.47. The molecule has 0 aliphatic carbocycles. The lowest BCUT2D eigenvalue weighted by Crippen LogP contribution is -2.00. The summed E-state index contributed by atoms with van der Waals surface area (Å²) >= 11 is 5.75. The van der Waals surface area contributed by atoms with Crippen LogP contribution in [0.15, 0.2) is 36.4 Å². The van der Waals surface area contributed by atoms with E-state index in [2.05, 4.69) is 5.32 Å². The molecule has 0 unspecified atom stereocenters. The summed E-state index contributed by atoms with van der Waals surface area (Å²) in [4.78, 5) is 10.3. The van der Waals surface area contributed by atoms with E-state index in [0.717, 1.165) is 5.56 Å². The highest BCUT2D eigenvalue weighted by Gasteiger charge is 2.12. The summed E-state index contributed by atoms with van der Waals surface area (Å²) in [5, 5.41) is 23.5. The van der Waals surface area contributed by atoms with Gasteiger partial charge in [-0.2, -0.15) is 0 Å². The molecule has 0 aliphatic rings. The van der Waals surface area contributed by atoms with Crippen LogP contribution in [0.25, 0.3) is 0 Å². The monoisotopic (exact) mass is 308 g/mol. The van der Waals surface area contributed by atoms with E-state index in [1.807, 2.05) is 0 Å². The van der Waals surface area contributed by atoms with E-state index >= 15 is 0 Å². The largest absolute Gasteiger partial charge is 0.504 e. The molecular weight excluding hydrogens is 296 g/mol. The Morgan fingerprint density at radius 2 is 2.10 bits per heavy atom. The molecule has 2 rings (SSSR count). The van der Waals surface area contributed by atoms with Crippen LogP contribution in [0.1, 0.15) is 5.56 Å². The lowest BCUT2D eigenvalue weighted by molar-refractivity contribution is -0.384. The van der Waals surface area contributed by atoms with Gasteiger partial charge in [0.25, 0.3) is 5.69 Å². The van der Waals surface area contributed by atoms with Crippen LogP contribution in [-0.2, 0) is 6.54 Å². The molecule has 6 nitrogen and oxygen atoms in total. The molecule has 0 heterocycles. The Balaban J connectivity index is 2.13. The Labute approximate surface area is 126 Å². The molecule has 0 fully saturated rings. The zero-order chi connectivity index (χ0) is 15.4. The number of nitro groups is 1. The second-order valence-electron chi connectivity index (χ2n) is 4.28. The molecule has 2 aromatic carbocycles. The summed E-state index contributed by atoms with van der Waals surface area (Å²) in [6.45, 7) is 0.426. The van der Waals surface area contributed by atoms with E-state index in [1.165, 1.54) is 25.3 Å². The van der Waals surface area contributed by atoms with Gasteiger partial charge in [-0.05, 0) is 29.8 Å². The molecule has 0 aliphatic heterocycles. The van der Waals surface area contributed by atoms with Gasteiger partial charge >= 0.3 is 0 Å². The number of nitrogens with one attached hydrogen (secondary N) is 1. The minimum Gasteiger partial charge on any atom is -0.504 e. The molecule has 0 bridgehead atoms. The molecule has 7 heteroatoms. The highest BCUT2D eigenvalue weighted by molar-refractivity contribution is 6.32. The second kappa shape index (κ2) is 6.32. The SMILES string of the molecule is COc1cc(CNc2ccc(Cl)c([N+](=O)[O-])c2)ccc1O. The summed E-state index contributed by atoms with van der Waals surface area (Å²) in [6, 6.07) is 9.45. The second-order valence-corrected chi connectivity index (χ2v) is 4.69. The summed E-state index contributed by atoms with van der Waals surface area (Å²) in [7, 11) is 1.47. The van der Waals surface area contributed by atoms with Crippen molar-refractivity contribution < 1.29 is 14.8 Å². The van der Waals surface area contributed by atoms with Gasteiger partial charge in [0.05, 0.1) is 12.0 Å². The van der Waals surface area contributed by atoms with Crippen molar-refractivity contribution in [2.24, 2.45) is 0 Å². The molecule has 0 saturated heterocycles. The van der Waals surface area contributed by atoms with Gasteiger partial charge in [0.15, 0.2) is 11.5 Å². The fourth-order valence-corrected chi connectivity index (χ4v) is 1.99. The number of nitrogens with zero attached hydrogens (tertiary/aromatic N) is 1. The smallest absolute Gasteiger partial charge is 0.289 e. The van der Waals surface area contributed by atoms with Crippen molar-refractivity contribution in [1.29, 1.82) is 0 Å². The normalized spacial score (nSPS) is 10.2. The van der Waals surface area contributed by atoms with E-state index in [0.29, 0.717) is 18.0 Å². The van der Waals surface area contributed by atoms with Gasteiger partial charge in [-0.3, -0.25) is 10.1 Å². The van der Waals surface area contributed by atoms with E-state index in [-0.39, 0.29) is 16.5 Å². The number of benzene rings is 2. The maximum absolute atomic E-state index is 10.8. The van der Waals surface area contributed by atoms with Crippen LogP contribution in [0.2, 0.25) is 5.02 Å². The minimum atomic E-state index is -0.531. The van der Waals surface area contributed by atoms with Gasteiger partial charge in [-0.1, -0.05) is 17.7 Å². The Bertz CT molecular complexity index is 676. The Kier molecular flexibility index (Phi) is 4.49. The number of anilines is 1. The summed E-state index contributed by atoms with van der Waals surface area (Å²) < 4.78 is 5.02. The topological polar surface area (TPSA) is 84.6 Å². The zero-order valence-corrected chi connectivity index (χ0v) is 11.9. The van der Waals surface area contributed by atoms with Crippen molar-refractivity contribution in [2.45, 2.75) is 6.54 Å². The van der Waals surface area contributed by atoms with Crippen molar-refractivity contribution in [3.8, 4) is 11.5 Å². The molecule has 0 saturated carbocycles. The molecule has 110 valence electrons. The lowest BCUT2D eigenvalue weighted by Gasteiger charge is -2.09. The van der Waals surface area contributed by atoms with Crippen molar-refractivity contribution in [3.63, 3.8) is 0 Å². The number of methoxy groups -OCH3 is 1. The van der Waals surface area contributed by atoms with Crippen LogP contribution in [0.4, 0.5) is 11.4 Å². The maximum Gasteiger partial charge on any atom is 0.289 e. The maximum atomic E-state index is 10.8. The van der Waals surface area contributed by atoms with Crippen LogP contribution < -0.4 is 10.1 Å². The first kappa shape index (κ1) is 14.9. The Morgan fingerprint density at radius 1 is 1.33 bits per heavy atom. The number of halogens is 1. The number of hydrogen-bond donors (Lipinski definition) is 2. The van der Waals surface area contributed by atoms with Crippen LogP contribution in [0, 0.1) is 10.1 Å². The highest BCUT2D eigenvalue weighted by atomic mass is 35.5. The number of phenolic OH excluding ortho intramolecular Hbond substituents is 1.